The van der Waals surface area contributed by atoms with Crippen molar-refractivity contribution in [3.63, 3.8) is 0 Å². The number of nitrogens with zero attached hydrogens (tertiary/aromatic N) is 3. The molecule has 2 unspecified atom stereocenters. The van der Waals surface area contributed by atoms with Gasteiger partial charge < -0.3 is 24.6 Å². The molecule has 2 N–H and O–H groups in total. The molecule has 0 bridgehead atoms. The highest BCUT2D eigenvalue weighted by Crippen LogP contribution is 2.28. The summed E-state index contributed by atoms with van der Waals surface area (Å²) in [6.07, 6.45) is 4.35. The second-order valence-electron chi connectivity index (χ2n) is 11.3. The van der Waals surface area contributed by atoms with Gasteiger partial charge in [-0.2, -0.15) is 0 Å². The highest BCUT2D eigenvalue weighted by Gasteiger charge is 2.38. The van der Waals surface area contributed by atoms with Gasteiger partial charge in [0.25, 0.3) is 0 Å². The van der Waals surface area contributed by atoms with Crippen LogP contribution in [0.25, 0.3) is 22.2 Å². The predicted octanol–water partition coefficient (Wildman–Crippen LogP) is 6.45. The second-order valence-corrected chi connectivity index (χ2v) is 12.3. The van der Waals surface area contributed by atoms with Crippen molar-refractivity contribution in [2.45, 2.75) is 64.6 Å². The fraction of sp³-hybridized carbons (Fsp3) is 0.371. The minimum atomic E-state index is -0.949. The standard InChI is InChI=1S/C35H40N4O5S/c1-4-6-12-32-37-28-18-17-25(36-29(9-5-2)33(40)39-22-45-21-31(39)35(43)44-3)19-30(28)38(32)20-23-13-15-24(16-14-23)26-10-7-8-11-27(26)34(41)42/h7-8,10-11,13-19,29,31,36H,4-6,9,12,20-22H2,1-3H3,(H,41,42). The van der Waals surface area contributed by atoms with Crippen LogP contribution in [0.2, 0.25) is 0 Å². The molecular weight excluding hydrogens is 588 g/mol. The molecule has 9 nitrogen and oxygen atoms in total. The van der Waals surface area contributed by atoms with Gasteiger partial charge in [0.05, 0.1) is 29.6 Å². The van der Waals surface area contributed by atoms with Crippen molar-refractivity contribution >= 4 is 46.3 Å². The minimum Gasteiger partial charge on any atom is -0.478 e. The van der Waals surface area contributed by atoms with E-state index in [2.05, 4.69) is 22.9 Å². The summed E-state index contributed by atoms with van der Waals surface area (Å²) in [5.41, 5.74) is 5.56. The molecule has 0 saturated carbocycles. The first-order valence-corrected chi connectivity index (χ1v) is 16.6. The summed E-state index contributed by atoms with van der Waals surface area (Å²) in [4.78, 5) is 44.3. The van der Waals surface area contributed by atoms with Gasteiger partial charge in [-0.15, -0.1) is 11.8 Å². The highest BCUT2D eigenvalue weighted by molar-refractivity contribution is 7.99. The van der Waals surface area contributed by atoms with Gasteiger partial charge >= 0.3 is 11.9 Å². The number of benzene rings is 3. The smallest absolute Gasteiger partial charge is 0.336 e. The third kappa shape index (κ3) is 7.17. The Balaban J connectivity index is 1.43. The number of imidazole rings is 1. The van der Waals surface area contributed by atoms with Gasteiger partial charge in [0.15, 0.2) is 0 Å². The molecule has 10 heteroatoms. The third-order valence-electron chi connectivity index (χ3n) is 8.20. The minimum absolute atomic E-state index is 0.0981. The topological polar surface area (TPSA) is 114 Å². The quantitative estimate of drug-likeness (QED) is 0.163. The van der Waals surface area contributed by atoms with E-state index in [9.17, 15) is 19.5 Å². The Bertz CT molecular complexity index is 1670. The Morgan fingerprint density at radius 2 is 1.84 bits per heavy atom. The average Bonchev–Trinajstić information content (AvgIpc) is 3.68. The summed E-state index contributed by atoms with van der Waals surface area (Å²) in [5, 5.41) is 13.1. The van der Waals surface area contributed by atoms with Gasteiger partial charge in [-0.3, -0.25) is 4.79 Å². The molecule has 4 aromatic rings. The summed E-state index contributed by atoms with van der Waals surface area (Å²) in [6, 6.07) is 20.0. The second kappa shape index (κ2) is 14.6. The summed E-state index contributed by atoms with van der Waals surface area (Å²) in [7, 11) is 1.36. The number of nitrogens with one attached hydrogen (secondary N) is 1. The van der Waals surface area contributed by atoms with Crippen LogP contribution in [0, 0.1) is 0 Å². The number of carbonyl (C=O) groups is 3. The normalized spacial score (nSPS) is 15.3. The van der Waals surface area contributed by atoms with Gasteiger partial charge in [-0.1, -0.05) is 69.2 Å². The maximum Gasteiger partial charge on any atom is 0.336 e. The molecule has 1 aliphatic heterocycles. The van der Waals surface area contributed by atoms with Gasteiger partial charge in [-0.25, -0.2) is 14.6 Å². The Kier molecular flexibility index (Phi) is 10.4. The molecule has 1 aromatic heterocycles. The molecule has 2 heterocycles. The molecule has 3 aromatic carbocycles. The number of carboxylic acids is 1. The first-order valence-electron chi connectivity index (χ1n) is 15.5. The molecule has 1 fully saturated rings. The van der Waals surface area contributed by atoms with E-state index in [1.807, 2.05) is 55.5 Å². The first-order chi connectivity index (χ1) is 21.8. The van der Waals surface area contributed by atoms with E-state index in [0.29, 0.717) is 30.2 Å². The number of thioether (sulfide) groups is 1. The number of ether oxygens (including phenoxy) is 1. The number of aryl methyl sites for hydroxylation is 1. The summed E-state index contributed by atoms with van der Waals surface area (Å²) >= 11 is 1.56. The van der Waals surface area contributed by atoms with Gasteiger partial charge in [0.2, 0.25) is 5.91 Å². The number of fused-ring (bicyclic) bond motifs is 1. The van der Waals surface area contributed by atoms with E-state index < -0.39 is 18.1 Å². The number of unbranched alkanes of at least 4 members (excludes halogenated alkanes) is 1. The molecule has 5 rings (SSSR count). The summed E-state index contributed by atoms with van der Waals surface area (Å²) in [6.45, 7) is 4.81. The lowest BCUT2D eigenvalue weighted by molar-refractivity contribution is -0.150. The first kappa shape index (κ1) is 32.1. The molecule has 236 valence electrons. The van der Waals surface area contributed by atoms with E-state index in [0.717, 1.165) is 59.4 Å². The van der Waals surface area contributed by atoms with E-state index in [1.165, 1.54) is 7.11 Å². The van der Waals surface area contributed by atoms with Crippen molar-refractivity contribution in [3.05, 3.63) is 83.7 Å². The Morgan fingerprint density at radius 3 is 2.56 bits per heavy atom. The van der Waals surface area contributed by atoms with Crippen LogP contribution < -0.4 is 5.32 Å². The zero-order valence-corrected chi connectivity index (χ0v) is 26.8. The number of amides is 1. The number of hydrogen-bond acceptors (Lipinski definition) is 7. The lowest BCUT2D eigenvalue weighted by Gasteiger charge is -2.27. The van der Waals surface area contributed by atoms with Gasteiger partial charge in [0.1, 0.15) is 17.9 Å². The maximum absolute atomic E-state index is 13.6. The molecule has 0 aliphatic carbocycles. The number of aromatic nitrogens is 2. The fourth-order valence-electron chi connectivity index (χ4n) is 5.80. The van der Waals surface area contributed by atoms with Gasteiger partial charge in [-0.05, 0) is 53.8 Å². The molecule has 1 amide bonds. The summed E-state index contributed by atoms with van der Waals surface area (Å²) < 4.78 is 7.19. The molecular formula is C35H40N4O5S. The monoisotopic (exact) mass is 628 g/mol. The lowest BCUT2D eigenvalue weighted by Crippen LogP contribution is -2.49. The number of aromatic carboxylic acids is 1. The molecule has 2 atom stereocenters. The zero-order chi connectivity index (χ0) is 31.9. The van der Waals surface area contributed by atoms with Crippen LogP contribution in [0.15, 0.2) is 66.7 Å². The number of rotatable bonds is 13. The largest absolute Gasteiger partial charge is 0.478 e. The number of carboxylic acid groups (broad SMARTS) is 1. The van der Waals surface area contributed by atoms with Crippen LogP contribution in [-0.4, -0.2) is 68.2 Å². The van der Waals surface area contributed by atoms with Crippen LogP contribution in [0.4, 0.5) is 5.69 Å². The van der Waals surface area contributed by atoms with Crippen molar-refractivity contribution in [2.24, 2.45) is 0 Å². The predicted molar refractivity (Wildman–Crippen MR) is 179 cm³/mol. The average molecular weight is 629 g/mol. The van der Waals surface area contributed by atoms with E-state index in [1.54, 1.807) is 28.8 Å². The Labute approximate surface area is 268 Å². The van der Waals surface area contributed by atoms with Crippen LogP contribution in [0.5, 0.6) is 0 Å². The van der Waals surface area contributed by atoms with E-state index in [-0.39, 0.29) is 17.4 Å². The van der Waals surface area contributed by atoms with Crippen LogP contribution in [0.3, 0.4) is 0 Å². The van der Waals surface area contributed by atoms with Crippen molar-refractivity contribution in [2.75, 3.05) is 24.1 Å². The molecule has 0 radical (unpaired) electrons. The van der Waals surface area contributed by atoms with Crippen molar-refractivity contribution in [3.8, 4) is 11.1 Å². The Hall–Kier alpha value is -4.31. The lowest BCUT2D eigenvalue weighted by atomic mass is 9.99. The van der Waals surface area contributed by atoms with Crippen LogP contribution in [-0.2, 0) is 27.3 Å². The van der Waals surface area contributed by atoms with E-state index >= 15 is 0 Å². The fourth-order valence-corrected chi connectivity index (χ4v) is 6.95. The molecule has 0 spiro atoms. The van der Waals surface area contributed by atoms with Crippen molar-refractivity contribution < 1.29 is 24.2 Å². The van der Waals surface area contributed by atoms with E-state index in [4.69, 9.17) is 9.72 Å². The van der Waals surface area contributed by atoms with Crippen LogP contribution in [0.1, 0.15) is 61.3 Å². The van der Waals surface area contributed by atoms with Crippen molar-refractivity contribution in [1.82, 2.24) is 14.5 Å². The molecule has 1 aliphatic rings. The van der Waals surface area contributed by atoms with Crippen molar-refractivity contribution in [1.29, 1.82) is 0 Å². The number of carbonyl (C=O) groups excluding carboxylic acids is 2. The zero-order valence-electron chi connectivity index (χ0n) is 26.0. The molecule has 45 heavy (non-hydrogen) atoms. The third-order valence-corrected chi connectivity index (χ3v) is 9.21. The number of methoxy groups -OCH3 is 1. The SMILES string of the molecule is CCCCc1nc2ccc(NC(CCC)C(=O)N3CSCC3C(=O)OC)cc2n1Cc1ccc(-c2ccccc2C(=O)O)cc1. The number of anilines is 1. The highest BCUT2D eigenvalue weighted by atomic mass is 32.2. The molecule has 1 saturated heterocycles. The number of esters is 1. The maximum atomic E-state index is 13.6. The Morgan fingerprint density at radius 1 is 1.07 bits per heavy atom. The van der Waals surface area contributed by atoms with Crippen LogP contribution >= 0.6 is 11.8 Å². The number of hydrogen-bond donors (Lipinski definition) is 2. The van der Waals surface area contributed by atoms with Gasteiger partial charge in [0, 0.05) is 24.4 Å². The summed E-state index contributed by atoms with van der Waals surface area (Å²) in [5.74, 6) is 0.575.